The largest absolute Gasteiger partial charge is 0.387 e. The van der Waals surface area contributed by atoms with Crippen molar-refractivity contribution in [3.05, 3.63) is 35.4 Å². The van der Waals surface area contributed by atoms with Gasteiger partial charge in [0.15, 0.2) is 0 Å². The van der Waals surface area contributed by atoms with E-state index in [4.69, 9.17) is 0 Å². The highest BCUT2D eigenvalue weighted by atomic mass is 19.1. The SMILES string of the molecule is CN(CC(=O)NC1CC1)CC(O)c1cc(F)ccc1F. The summed E-state index contributed by atoms with van der Waals surface area (Å²) in [6, 6.07) is 3.23. The van der Waals surface area contributed by atoms with Crippen LogP contribution in [0.3, 0.4) is 0 Å². The van der Waals surface area contributed by atoms with Crippen molar-refractivity contribution in [3.63, 3.8) is 0 Å². The van der Waals surface area contributed by atoms with Crippen LogP contribution in [0.1, 0.15) is 24.5 Å². The zero-order valence-corrected chi connectivity index (χ0v) is 11.3. The lowest BCUT2D eigenvalue weighted by Gasteiger charge is -2.20. The van der Waals surface area contributed by atoms with Gasteiger partial charge in [-0.15, -0.1) is 0 Å². The normalized spacial score (nSPS) is 16.2. The number of benzene rings is 1. The highest BCUT2D eigenvalue weighted by molar-refractivity contribution is 5.78. The predicted molar refractivity (Wildman–Crippen MR) is 70.0 cm³/mol. The summed E-state index contributed by atoms with van der Waals surface area (Å²) in [5.41, 5.74) is -0.0977. The average Bonchev–Trinajstić information content (AvgIpc) is 3.15. The van der Waals surface area contributed by atoms with Crippen molar-refractivity contribution in [2.75, 3.05) is 20.1 Å². The van der Waals surface area contributed by atoms with Gasteiger partial charge in [0.25, 0.3) is 0 Å². The van der Waals surface area contributed by atoms with Crippen molar-refractivity contribution >= 4 is 5.91 Å². The number of carbonyl (C=O) groups is 1. The lowest BCUT2D eigenvalue weighted by Crippen LogP contribution is -2.38. The van der Waals surface area contributed by atoms with Crippen LogP contribution in [0.5, 0.6) is 0 Å². The smallest absolute Gasteiger partial charge is 0.234 e. The van der Waals surface area contributed by atoms with Gasteiger partial charge in [0, 0.05) is 18.2 Å². The molecule has 2 N–H and O–H groups in total. The van der Waals surface area contributed by atoms with E-state index in [1.807, 2.05) is 0 Å². The Hall–Kier alpha value is -1.53. The first-order chi connectivity index (χ1) is 9.45. The van der Waals surface area contributed by atoms with Gasteiger partial charge in [-0.05, 0) is 38.1 Å². The van der Waals surface area contributed by atoms with E-state index in [0.29, 0.717) is 0 Å². The lowest BCUT2D eigenvalue weighted by molar-refractivity contribution is -0.122. The number of hydrogen-bond acceptors (Lipinski definition) is 3. The molecule has 6 heteroatoms. The van der Waals surface area contributed by atoms with Crippen molar-refractivity contribution < 1.29 is 18.7 Å². The molecule has 1 aliphatic carbocycles. The Morgan fingerprint density at radius 1 is 1.50 bits per heavy atom. The molecule has 1 saturated carbocycles. The Labute approximate surface area is 116 Å². The van der Waals surface area contributed by atoms with Gasteiger partial charge in [-0.1, -0.05) is 0 Å². The summed E-state index contributed by atoms with van der Waals surface area (Å²) in [6.45, 7) is 0.170. The fraction of sp³-hybridized carbons (Fsp3) is 0.500. The number of rotatable bonds is 6. The molecule has 1 unspecified atom stereocenters. The van der Waals surface area contributed by atoms with Gasteiger partial charge in [-0.3, -0.25) is 9.69 Å². The molecule has 0 aromatic heterocycles. The molecule has 1 aromatic rings. The second kappa shape index (κ2) is 6.28. The Morgan fingerprint density at radius 3 is 2.85 bits per heavy atom. The van der Waals surface area contributed by atoms with Crippen LogP contribution >= 0.6 is 0 Å². The standard InChI is InChI=1S/C14H18F2N2O2/c1-18(8-14(20)17-10-3-4-10)7-13(19)11-6-9(15)2-5-12(11)16/h2,5-6,10,13,19H,3-4,7-8H2,1H3,(H,17,20). The van der Waals surface area contributed by atoms with Crippen LogP contribution in [0.25, 0.3) is 0 Å². The molecule has 0 aliphatic heterocycles. The molecule has 0 heterocycles. The molecule has 0 spiro atoms. The van der Waals surface area contributed by atoms with Gasteiger partial charge in [-0.2, -0.15) is 0 Å². The van der Waals surface area contributed by atoms with E-state index in [9.17, 15) is 18.7 Å². The number of amides is 1. The van der Waals surface area contributed by atoms with Crippen molar-refractivity contribution in [1.29, 1.82) is 0 Å². The minimum Gasteiger partial charge on any atom is -0.387 e. The molecule has 110 valence electrons. The fourth-order valence-corrected chi connectivity index (χ4v) is 1.97. The quantitative estimate of drug-likeness (QED) is 0.825. The maximum Gasteiger partial charge on any atom is 0.234 e. The summed E-state index contributed by atoms with van der Waals surface area (Å²) >= 11 is 0. The van der Waals surface area contributed by atoms with Gasteiger partial charge in [-0.25, -0.2) is 8.78 Å². The van der Waals surface area contributed by atoms with E-state index < -0.39 is 17.7 Å². The lowest BCUT2D eigenvalue weighted by atomic mass is 10.1. The molecule has 0 radical (unpaired) electrons. The number of nitrogens with one attached hydrogen (secondary N) is 1. The zero-order chi connectivity index (χ0) is 14.7. The Balaban J connectivity index is 1.87. The van der Waals surface area contributed by atoms with Crippen molar-refractivity contribution in [3.8, 4) is 0 Å². The van der Waals surface area contributed by atoms with Gasteiger partial charge in [0.05, 0.1) is 12.6 Å². The number of hydrogen-bond donors (Lipinski definition) is 2. The summed E-state index contributed by atoms with van der Waals surface area (Å²) in [5.74, 6) is -1.38. The van der Waals surface area contributed by atoms with Crippen LogP contribution in [0, 0.1) is 11.6 Å². The molecular weight excluding hydrogens is 266 g/mol. The van der Waals surface area contributed by atoms with E-state index in [2.05, 4.69) is 5.32 Å². The van der Waals surface area contributed by atoms with Gasteiger partial charge in [0.1, 0.15) is 11.6 Å². The van der Waals surface area contributed by atoms with E-state index in [0.717, 1.165) is 31.0 Å². The molecule has 20 heavy (non-hydrogen) atoms. The first-order valence-corrected chi connectivity index (χ1v) is 6.56. The molecule has 1 aliphatic rings. The van der Waals surface area contributed by atoms with E-state index in [-0.39, 0.29) is 30.6 Å². The third kappa shape index (κ3) is 4.25. The third-order valence-electron chi connectivity index (χ3n) is 3.16. The molecule has 4 nitrogen and oxygen atoms in total. The Kier molecular flexibility index (Phi) is 4.67. The van der Waals surface area contributed by atoms with Gasteiger partial charge < -0.3 is 10.4 Å². The molecule has 2 rings (SSSR count). The van der Waals surface area contributed by atoms with Crippen LogP contribution in [0.15, 0.2) is 18.2 Å². The van der Waals surface area contributed by atoms with Crippen LogP contribution in [-0.2, 0) is 4.79 Å². The van der Waals surface area contributed by atoms with Crippen molar-refractivity contribution in [2.45, 2.75) is 25.0 Å². The van der Waals surface area contributed by atoms with E-state index in [1.165, 1.54) is 0 Å². The van der Waals surface area contributed by atoms with Crippen molar-refractivity contribution in [1.82, 2.24) is 10.2 Å². The van der Waals surface area contributed by atoms with Gasteiger partial charge >= 0.3 is 0 Å². The van der Waals surface area contributed by atoms with Crippen LogP contribution in [-0.4, -0.2) is 42.1 Å². The molecule has 1 atom stereocenters. The van der Waals surface area contributed by atoms with Crippen molar-refractivity contribution in [2.24, 2.45) is 0 Å². The van der Waals surface area contributed by atoms with Crippen LogP contribution in [0.4, 0.5) is 8.78 Å². The summed E-state index contributed by atoms with van der Waals surface area (Å²) in [6.07, 6.45) is 0.837. The van der Waals surface area contributed by atoms with Crippen LogP contribution in [0.2, 0.25) is 0 Å². The number of likely N-dealkylation sites (N-methyl/N-ethyl adjacent to an activating group) is 1. The van der Waals surface area contributed by atoms with E-state index >= 15 is 0 Å². The molecular formula is C14H18F2N2O2. The predicted octanol–water partition coefficient (Wildman–Crippen LogP) is 1.21. The minimum absolute atomic E-state index is 0.0540. The maximum absolute atomic E-state index is 13.5. The molecule has 1 amide bonds. The molecule has 1 aromatic carbocycles. The Bertz CT molecular complexity index is 492. The summed E-state index contributed by atoms with van der Waals surface area (Å²) in [7, 11) is 1.65. The second-order valence-corrected chi connectivity index (χ2v) is 5.22. The average molecular weight is 284 g/mol. The molecule has 0 bridgehead atoms. The molecule has 1 fully saturated rings. The summed E-state index contributed by atoms with van der Waals surface area (Å²) in [4.78, 5) is 13.2. The highest BCUT2D eigenvalue weighted by Crippen LogP contribution is 2.20. The number of nitrogens with zero attached hydrogens (tertiary/aromatic N) is 1. The second-order valence-electron chi connectivity index (χ2n) is 5.22. The Morgan fingerprint density at radius 2 is 2.20 bits per heavy atom. The number of carbonyl (C=O) groups excluding carboxylic acids is 1. The van der Waals surface area contributed by atoms with Gasteiger partial charge in [0.2, 0.25) is 5.91 Å². The molecule has 0 saturated heterocycles. The topological polar surface area (TPSA) is 52.6 Å². The fourth-order valence-electron chi connectivity index (χ4n) is 1.97. The minimum atomic E-state index is -1.18. The first-order valence-electron chi connectivity index (χ1n) is 6.56. The third-order valence-corrected chi connectivity index (χ3v) is 3.16. The monoisotopic (exact) mass is 284 g/mol. The number of halogens is 2. The number of aliphatic hydroxyl groups is 1. The van der Waals surface area contributed by atoms with E-state index in [1.54, 1.807) is 11.9 Å². The summed E-state index contributed by atoms with van der Waals surface area (Å²) < 4.78 is 26.5. The highest BCUT2D eigenvalue weighted by Gasteiger charge is 2.24. The maximum atomic E-state index is 13.5. The summed E-state index contributed by atoms with van der Waals surface area (Å²) in [5, 5.41) is 12.7. The first kappa shape index (κ1) is 14.9. The number of aliphatic hydroxyl groups excluding tert-OH is 1. The zero-order valence-electron chi connectivity index (χ0n) is 11.3. The van der Waals surface area contributed by atoms with Crippen LogP contribution < -0.4 is 5.32 Å².